The molecular formula is C16H19N. The van der Waals surface area contributed by atoms with Crippen LogP contribution >= 0.6 is 0 Å². The van der Waals surface area contributed by atoms with Crippen LogP contribution < -0.4 is 0 Å². The third-order valence-corrected chi connectivity index (χ3v) is 2.77. The molecule has 0 aliphatic heterocycles. The van der Waals surface area contributed by atoms with Gasteiger partial charge in [-0.2, -0.15) is 0 Å². The van der Waals surface area contributed by atoms with Gasteiger partial charge < -0.3 is 0 Å². The van der Waals surface area contributed by atoms with Crippen LogP contribution in [0.1, 0.15) is 31.5 Å². The van der Waals surface area contributed by atoms with Crippen molar-refractivity contribution in [2.75, 3.05) is 0 Å². The van der Waals surface area contributed by atoms with Gasteiger partial charge in [-0.05, 0) is 43.0 Å². The highest BCUT2D eigenvalue weighted by molar-refractivity contribution is 5.81. The molecule has 0 saturated carbocycles. The number of rotatable bonds is 3. The molecule has 0 fully saturated rings. The highest BCUT2D eigenvalue weighted by atomic mass is 14.7. The molecule has 2 aromatic rings. The SMILES string of the molecule is Cc1ccc2cc(/C=C/CC(C)C)ccc2n1. The topological polar surface area (TPSA) is 12.9 Å². The van der Waals surface area contributed by atoms with Crippen LogP contribution in [0.2, 0.25) is 0 Å². The Bertz CT molecular complexity index is 538. The summed E-state index contributed by atoms with van der Waals surface area (Å²) in [6.45, 7) is 6.49. The van der Waals surface area contributed by atoms with Crippen molar-refractivity contribution in [3.8, 4) is 0 Å². The van der Waals surface area contributed by atoms with E-state index in [9.17, 15) is 0 Å². The van der Waals surface area contributed by atoms with Gasteiger partial charge in [0, 0.05) is 11.1 Å². The molecular weight excluding hydrogens is 206 g/mol. The van der Waals surface area contributed by atoms with E-state index in [0.717, 1.165) is 23.5 Å². The zero-order chi connectivity index (χ0) is 12.3. The minimum absolute atomic E-state index is 0.719. The van der Waals surface area contributed by atoms with E-state index in [4.69, 9.17) is 0 Å². The number of aryl methyl sites for hydroxylation is 1. The number of benzene rings is 1. The lowest BCUT2D eigenvalue weighted by molar-refractivity contribution is 0.665. The molecule has 0 spiro atoms. The standard InChI is InChI=1S/C16H19N/c1-12(2)5-4-6-14-8-10-16-15(11-14)9-7-13(3)17-16/h4,6-12H,5H2,1-3H3/b6-4+. The van der Waals surface area contributed by atoms with Gasteiger partial charge in [0.15, 0.2) is 0 Å². The van der Waals surface area contributed by atoms with E-state index in [2.05, 4.69) is 61.3 Å². The Morgan fingerprint density at radius 1 is 1.18 bits per heavy atom. The molecule has 0 bridgehead atoms. The first-order valence-electron chi connectivity index (χ1n) is 6.19. The van der Waals surface area contributed by atoms with Crippen LogP contribution in [0.4, 0.5) is 0 Å². The quantitative estimate of drug-likeness (QED) is 0.743. The highest BCUT2D eigenvalue weighted by Crippen LogP contribution is 2.16. The van der Waals surface area contributed by atoms with Crippen LogP contribution in [0.5, 0.6) is 0 Å². The largest absolute Gasteiger partial charge is 0.253 e. The van der Waals surface area contributed by atoms with Gasteiger partial charge in [0.1, 0.15) is 0 Å². The van der Waals surface area contributed by atoms with Crippen LogP contribution in [0.3, 0.4) is 0 Å². The summed E-state index contributed by atoms with van der Waals surface area (Å²) in [6.07, 6.45) is 5.57. The maximum atomic E-state index is 4.50. The lowest BCUT2D eigenvalue weighted by Crippen LogP contribution is -1.84. The zero-order valence-corrected chi connectivity index (χ0v) is 10.8. The summed E-state index contributed by atoms with van der Waals surface area (Å²) in [5.74, 6) is 0.719. The Kier molecular flexibility index (Phi) is 3.58. The fourth-order valence-electron chi connectivity index (χ4n) is 1.83. The molecule has 1 heterocycles. The molecule has 1 aromatic heterocycles. The molecule has 0 saturated heterocycles. The minimum Gasteiger partial charge on any atom is -0.253 e. The van der Waals surface area contributed by atoms with E-state index in [-0.39, 0.29) is 0 Å². The highest BCUT2D eigenvalue weighted by Gasteiger charge is 1.96. The second-order valence-corrected chi connectivity index (χ2v) is 4.94. The van der Waals surface area contributed by atoms with Gasteiger partial charge in [-0.25, -0.2) is 0 Å². The lowest BCUT2D eigenvalue weighted by atomic mass is 10.1. The monoisotopic (exact) mass is 225 g/mol. The van der Waals surface area contributed by atoms with E-state index in [1.165, 1.54) is 10.9 Å². The smallest absolute Gasteiger partial charge is 0.0705 e. The van der Waals surface area contributed by atoms with Crippen LogP contribution in [-0.4, -0.2) is 4.98 Å². The van der Waals surface area contributed by atoms with E-state index in [1.54, 1.807) is 0 Å². The van der Waals surface area contributed by atoms with Gasteiger partial charge in [0.25, 0.3) is 0 Å². The predicted octanol–water partition coefficient (Wildman–Crippen LogP) is 4.60. The number of hydrogen-bond acceptors (Lipinski definition) is 1. The molecule has 0 N–H and O–H groups in total. The van der Waals surface area contributed by atoms with Crippen molar-refractivity contribution in [2.24, 2.45) is 5.92 Å². The van der Waals surface area contributed by atoms with Crippen molar-refractivity contribution in [3.05, 3.63) is 47.7 Å². The van der Waals surface area contributed by atoms with Crippen molar-refractivity contribution in [3.63, 3.8) is 0 Å². The maximum absolute atomic E-state index is 4.50. The Morgan fingerprint density at radius 3 is 2.76 bits per heavy atom. The van der Waals surface area contributed by atoms with Gasteiger partial charge in [-0.15, -0.1) is 0 Å². The van der Waals surface area contributed by atoms with Gasteiger partial charge in [0.05, 0.1) is 5.52 Å². The number of aromatic nitrogens is 1. The van der Waals surface area contributed by atoms with E-state index in [0.29, 0.717) is 0 Å². The van der Waals surface area contributed by atoms with Crippen LogP contribution in [0.15, 0.2) is 36.4 Å². The number of allylic oxidation sites excluding steroid dienone is 1. The van der Waals surface area contributed by atoms with Crippen molar-refractivity contribution in [2.45, 2.75) is 27.2 Å². The average molecular weight is 225 g/mol. The van der Waals surface area contributed by atoms with Crippen molar-refractivity contribution < 1.29 is 0 Å². The number of hydrogen-bond donors (Lipinski definition) is 0. The summed E-state index contributed by atoms with van der Waals surface area (Å²) in [5, 5.41) is 1.21. The summed E-state index contributed by atoms with van der Waals surface area (Å²) >= 11 is 0. The second-order valence-electron chi connectivity index (χ2n) is 4.94. The fourth-order valence-corrected chi connectivity index (χ4v) is 1.83. The first kappa shape index (κ1) is 11.8. The molecule has 1 nitrogen and oxygen atoms in total. The van der Waals surface area contributed by atoms with Gasteiger partial charge in [-0.3, -0.25) is 4.98 Å². The van der Waals surface area contributed by atoms with E-state index < -0.39 is 0 Å². The first-order chi connectivity index (χ1) is 8.15. The lowest BCUT2D eigenvalue weighted by Gasteiger charge is -2.01. The summed E-state index contributed by atoms with van der Waals surface area (Å²) in [7, 11) is 0. The van der Waals surface area contributed by atoms with E-state index in [1.807, 2.05) is 6.92 Å². The van der Waals surface area contributed by atoms with Gasteiger partial charge in [-0.1, -0.05) is 38.1 Å². The molecule has 0 amide bonds. The summed E-state index contributed by atoms with van der Waals surface area (Å²) in [4.78, 5) is 4.50. The number of pyridine rings is 1. The Hall–Kier alpha value is -1.63. The Labute approximate surface area is 103 Å². The molecule has 17 heavy (non-hydrogen) atoms. The Morgan fingerprint density at radius 2 is 2.00 bits per heavy atom. The minimum atomic E-state index is 0.719. The van der Waals surface area contributed by atoms with Crippen molar-refractivity contribution in [1.29, 1.82) is 0 Å². The number of nitrogens with zero attached hydrogens (tertiary/aromatic N) is 1. The van der Waals surface area contributed by atoms with Crippen molar-refractivity contribution >= 4 is 17.0 Å². The molecule has 0 aliphatic rings. The summed E-state index contributed by atoms with van der Waals surface area (Å²) in [5.41, 5.74) is 3.40. The second kappa shape index (κ2) is 5.13. The van der Waals surface area contributed by atoms with E-state index >= 15 is 0 Å². The molecule has 1 heteroatoms. The van der Waals surface area contributed by atoms with Crippen molar-refractivity contribution in [1.82, 2.24) is 4.98 Å². The number of fused-ring (bicyclic) bond motifs is 1. The first-order valence-corrected chi connectivity index (χ1v) is 6.19. The molecule has 0 aliphatic carbocycles. The van der Waals surface area contributed by atoms with Gasteiger partial charge >= 0.3 is 0 Å². The molecule has 2 rings (SSSR count). The molecule has 0 atom stereocenters. The molecule has 1 aromatic carbocycles. The Balaban J connectivity index is 2.26. The molecule has 0 radical (unpaired) electrons. The molecule has 88 valence electrons. The zero-order valence-electron chi connectivity index (χ0n) is 10.8. The third kappa shape index (κ3) is 3.16. The predicted molar refractivity (Wildman–Crippen MR) is 75.0 cm³/mol. The average Bonchev–Trinajstić information content (AvgIpc) is 2.29. The van der Waals surface area contributed by atoms with Gasteiger partial charge in [0.2, 0.25) is 0 Å². The van der Waals surface area contributed by atoms with Crippen LogP contribution in [-0.2, 0) is 0 Å². The summed E-state index contributed by atoms with van der Waals surface area (Å²) in [6, 6.07) is 10.6. The van der Waals surface area contributed by atoms with Crippen LogP contribution in [0, 0.1) is 12.8 Å². The molecule has 0 unspecified atom stereocenters. The van der Waals surface area contributed by atoms with Crippen LogP contribution in [0.25, 0.3) is 17.0 Å². The normalized spacial score (nSPS) is 11.8. The summed E-state index contributed by atoms with van der Waals surface area (Å²) < 4.78 is 0. The maximum Gasteiger partial charge on any atom is 0.0705 e. The third-order valence-electron chi connectivity index (χ3n) is 2.77. The fraction of sp³-hybridized carbons (Fsp3) is 0.312.